The maximum Gasteiger partial charge on any atom is 0.260 e. The number of carbonyl (C=O) groups excluding carboxylic acids is 2. The topological polar surface area (TPSA) is 68.3 Å². The average Bonchev–Trinajstić information content (AvgIpc) is 2.83. The largest absolute Gasteiger partial charge is 0.494 e. The molecular formula is C25H32N2O5. The molecular weight excluding hydrogens is 408 g/mol. The zero-order valence-corrected chi connectivity index (χ0v) is 18.9. The maximum atomic E-state index is 12.5. The van der Waals surface area contributed by atoms with E-state index >= 15 is 0 Å². The molecule has 0 saturated carbocycles. The second kappa shape index (κ2) is 12.0. The van der Waals surface area contributed by atoms with Crippen LogP contribution in [0.25, 0.3) is 0 Å². The molecule has 0 N–H and O–H groups in total. The Bertz CT molecular complexity index is 785. The predicted octanol–water partition coefficient (Wildman–Crippen LogP) is 3.17. The minimum absolute atomic E-state index is 0.00191. The third kappa shape index (κ3) is 6.90. The molecule has 1 saturated heterocycles. The van der Waals surface area contributed by atoms with Crippen molar-refractivity contribution >= 4 is 11.8 Å². The summed E-state index contributed by atoms with van der Waals surface area (Å²) in [7, 11) is 0. The van der Waals surface area contributed by atoms with Crippen molar-refractivity contribution < 1.29 is 23.8 Å². The van der Waals surface area contributed by atoms with E-state index < -0.39 is 0 Å². The van der Waals surface area contributed by atoms with E-state index in [1.54, 1.807) is 21.9 Å². The van der Waals surface area contributed by atoms with E-state index in [1.807, 2.05) is 43.3 Å². The van der Waals surface area contributed by atoms with Crippen LogP contribution in [0.3, 0.4) is 0 Å². The van der Waals surface area contributed by atoms with Gasteiger partial charge in [-0.15, -0.1) is 0 Å². The van der Waals surface area contributed by atoms with E-state index in [9.17, 15) is 9.59 Å². The lowest BCUT2D eigenvalue weighted by molar-refractivity contribution is -0.141. The van der Waals surface area contributed by atoms with Gasteiger partial charge >= 0.3 is 0 Å². The van der Waals surface area contributed by atoms with Gasteiger partial charge in [-0.3, -0.25) is 9.59 Å². The number of benzene rings is 2. The highest BCUT2D eigenvalue weighted by molar-refractivity contribution is 5.80. The normalized spacial score (nSPS) is 13.6. The van der Waals surface area contributed by atoms with Crippen LogP contribution in [0.2, 0.25) is 0 Å². The van der Waals surface area contributed by atoms with Gasteiger partial charge in [-0.25, -0.2) is 0 Å². The number of piperazine rings is 1. The van der Waals surface area contributed by atoms with Gasteiger partial charge in [0.25, 0.3) is 11.8 Å². The van der Waals surface area contributed by atoms with Crippen molar-refractivity contribution in [2.75, 3.05) is 46.0 Å². The van der Waals surface area contributed by atoms with Gasteiger partial charge in [-0.05, 0) is 55.3 Å². The highest BCUT2D eigenvalue weighted by Gasteiger charge is 2.24. The summed E-state index contributed by atoms with van der Waals surface area (Å²) in [5, 5.41) is 0. The monoisotopic (exact) mass is 440 g/mol. The van der Waals surface area contributed by atoms with Crippen LogP contribution in [0.5, 0.6) is 17.2 Å². The summed E-state index contributed by atoms with van der Waals surface area (Å²) in [6, 6.07) is 15.1. The van der Waals surface area contributed by atoms with E-state index in [1.165, 1.54) is 5.56 Å². The van der Waals surface area contributed by atoms with Crippen molar-refractivity contribution in [3.63, 3.8) is 0 Å². The van der Waals surface area contributed by atoms with Crippen LogP contribution < -0.4 is 14.2 Å². The van der Waals surface area contributed by atoms with Gasteiger partial charge in [0.15, 0.2) is 13.2 Å². The van der Waals surface area contributed by atoms with Crippen molar-refractivity contribution in [1.82, 2.24) is 9.80 Å². The van der Waals surface area contributed by atoms with Gasteiger partial charge in [-0.1, -0.05) is 25.5 Å². The van der Waals surface area contributed by atoms with E-state index in [-0.39, 0.29) is 25.0 Å². The molecule has 0 atom stereocenters. The van der Waals surface area contributed by atoms with Crippen LogP contribution >= 0.6 is 0 Å². The molecule has 0 aromatic heterocycles. The Morgan fingerprint density at radius 1 is 0.688 bits per heavy atom. The van der Waals surface area contributed by atoms with Crippen molar-refractivity contribution in [3.05, 3.63) is 54.1 Å². The first-order chi connectivity index (χ1) is 15.6. The second-order valence-electron chi connectivity index (χ2n) is 7.64. The molecule has 7 nitrogen and oxygen atoms in total. The lowest BCUT2D eigenvalue weighted by Crippen LogP contribution is -2.52. The quantitative estimate of drug-likeness (QED) is 0.568. The van der Waals surface area contributed by atoms with Gasteiger partial charge in [0.2, 0.25) is 0 Å². The summed E-state index contributed by atoms with van der Waals surface area (Å²) >= 11 is 0. The van der Waals surface area contributed by atoms with Crippen molar-refractivity contribution in [2.45, 2.75) is 26.7 Å². The summed E-state index contributed by atoms with van der Waals surface area (Å²) < 4.78 is 16.6. The molecule has 172 valence electrons. The van der Waals surface area contributed by atoms with Gasteiger partial charge in [0, 0.05) is 26.2 Å². The first kappa shape index (κ1) is 23.4. The molecule has 1 fully saturated rings. The second-order valence-corrected chi connectivity index (χ2v) is 7.64. The standard InChI is InChI=1S/C25H32N2O5/c1-3-5-20-6-8-22(9-7-20)31-18-24(28)26-14-16-27(17-15-26)25(29)19-32-23-12-10-21(11-13-23)30-4-2/h6-13H,3-5,14-19H2,1-2H3. The van der Waals surface area contributed by atoms with Crippen LogP contribution in [0.4, 0.5) is 0 Å². The number of hydrogen-bond donors (Lipinski definition) is 0. The number of ether oxygens (including phenoxy) is 3. The third-order valence-electron chi connectivity index (χ3n) is 5.31. The molecule has 0 spiro atoms. The fraction of sp³-hybridized carbons (Fsp3) is 0.440. The molecule has 0 unspecified atom stereocenters. The van der Waals surface area contributed by atoms with Crippen molar-refractivity contribution in [1.29, 1.82) is 0 Å². The number of carbonyl (C=O) groups is 2. The lowest BCUT2D eigenvalue weighted by Gasteiger charge is -2.34. The van der Waals surface area contributed by atoms with E-state index in [0.717, 1.165) is 18.6 Å². The molecule has 2 aromatic rings. The van der Waals surface area contributed by atoms with E-state index in [0.29, 0.717) is 44.3 Å². The van der Waals surface area contributed by atoms with Crippen molar-refractivity contribution in [3.8, 4) is 17.2 Å². The highest BCUT2D eigenvalue weighted by Crippen LogP contribution is 2.18. The summed E-state index contributed by atoms with van der Waals surface area (Å²) in [6.07, 6.45) is 2.13. The fourth-order valence-electron chi connectivity index (χ4n) is 3.52. The molecule has 2 amide bonds. The highest BCUT2D eigenvalue weighted by atomic mass is 16.5. The molecule has 1 aliphatic heterocycles. The molecule has 2 aromatic carbocycles. The third-order valence-corrected chi connectivity index (χ3v) is 5.31. The molecule has 0 aliphatic carbocycles. The Morgan fingerprint density at radius 3 is 1.50 bits per heavy atom. The van der Waals surface area contributed by atoms with Gasteiger partial charge < -0.3 is 24.0 Å². The van der Waals surface area contributed by atoms with Gasteiger partial charge in [0.05, 0.1) is 6.61 Å². The minimum atomic E-state index is -0.0885. The van der Waals surface area contributed by atoms with Gasteiger partial charge in [0.1, 0.15) is 17.2 Å². The molecule has 1 heterocycles. The Hall–Kier alpha value is -3.22. The minimum Gasteiger partial charge on any atom is -0.494 e. The Kier molecular flexibility index (Phi) is 8.78. The van der Waals surface area contributed by atoms with Crippen LogP contribution in [-0.2, 0) is 16.0 Å². The Balaban J connectivity index is 1.37. The SMILES string of the molecule is CCCc1ccc(OCC(=O)N2CCN(C(=O)COc3ccc(OCC)cc3)CC2)cc1. The molecule has 3 rings (SSSR count). The van der Waals surface area contributed by atoms with Crippen LogP contribution in [-0.4, -0.2) is 67.6 Å². The number of nitrogens with zero attached hydrogens (tertiary/aromatic N) is 2. The summed E-state index contributed by atoms with van der Waals surface area (Å²) in [5.74, 6) is 1.92. The molecule has 1 aliphatic rings. The molecule has 0 radical (unpaired) electrons. The Morgan fingerprint density at radius 2 is 1.09 bits per heavy atom. The smallest absolute Gasteiger partial charge is 0.260 e. The fourth-order valence-corrected chi connectivity index (χ4v) is 3.52. The van der Waals surface area contributed by atoms with Crippen molar-refractivity contribution in [2.24, 2.45) is 0 Å². The first-order valence-electron chi connectivity index (χ1n) is 11.2. The zero-order valence-electron chi connectivity index (χ0n) is 18.9. The number of amides is 2. The Labute approximate surface area is 189 Å². The van der Waals surface area contributed by atoms with Gasteiger partial charge in [-0.2, -0.15) is 0 Å². The molecule has 0 bridgehead atoms. The maximum absolute atomic E-state index is 12.5. The number of aryl methyl sites for hydroxylation is 1. The lowest BCUT2D eigenvalue weighted by atomic mass is 10.1. The van der Waals surface area contributed by atoms with Crippen LogP contribution in [0, 0.1) is 0 Å². The van der Waals surface area contributed by atoms with E-state index in [2.05, 4.69) is 6.92 Å². The number of rotatable bonds is 10. The summed E-state index contributed by atoms with van der Waals surface area (Å²) in [6.45, 7) is 6.61. The average molecular weight is 441 g/mol. The predicted molar refractivity (Wildman–Crippen MR) is 122 cm³/mol. The molecule has 7 heteroatoms. The number of hydrogen-bond acceptors (Lipinski definition) is 5. The van der Waals surface area contributed by atoms with Crippen LogP contribution in [0.15, 0.2) is 48.5 Å². The van der Waals surface area contributed by atoms with Crippen LogP contribution in [0.1, 0.15) is 25.8 Å². The van der Waals surface area contributed by atoms with E-state index in [4.69, 9.17) is 14.2 Å². The summed E-state index contributed by atoms with van der Waals surface area (Å²) in [4.78, 5) is 28.4. The zero-order chi connectivity index (χ0) is 22.8. The first-order valence-corrected chi connectivity index (χ1v) is 11.2. The molecule has 32 heavy (non-hydrogen) atoms. The summed E-state index contributed by atoms with van der Waals surface area (Å²) in [5.41, 5.74) is 1.26.